The van der Waals surface area contributed by atoms with E-state index in [-0.39, 0.29) is 30.1 Å². The highest BCUT2D eigenvalue weighted by Gasteiger charge is 2.30. The Labute approximate surface area is 117 Å². The van der Waals surface area contributed by atoms with Gasteiger partial charge in [-0.15, -0.1) is 12.4 Å². The van der Waals surface area contributed by atoms with E-state index in [2.05, 4.69) is 5.32 Å². The lowest BCUT2D eigenvalue weighted by molar-refractivity contribution is -0.126. The monoisotopic (exact) mass is 288 g/mol. The van der Waals surface area contributed by atoms with E-state index in [1.807, 2.05) is 6.92 Å². The standard InChI is InChI=1S/C13H17FN2O2.ClH/c1-8-2-4-10(14)11(6-8)16-13(17)12-5-3-9(7-15)18-12;/h2,4,6,9,12H,3,5,7,15H2,1H3,(H,16,17);1H/t9-,12+;/m1./s1. The summed E-state index contributed by atoms with van der Waals surface area (Å²) in [4.78, 5) is 11.9. The highest BCUT2D eigenvalue weighted by atomic mass is 35.5. The first-order valence-corrected chi connectivity index (χ1v) is 6.02. The number of halogens is 2. The van der Waals surface area contributed by atoms with Gasteiger partial charge in [0, 0.05) is 6.54 Å². The molecular weight excluding hydrogens is 271 g/mol. The number of nitrogens with one attached hydrogen (secondary N) is 1. The number of carbonyl (C=O) groups excluding carboxylic acids is 1. The van der Waals surface area contributed by atoms with Crippen LogP contribution in [0.2, 0.25) is 0 Å². The summed E-state index contributed by atoms with van der Waals surface area (Å²) < 4.78 is 18.9. The molecule has 0 radical (unpaired) electrons. The fourth-order valence-electron chi connectivity index (χ4n) is 2.02. The summed E-state index contributed by atoms with van der Waals surface area (Å²) >= 11 is 0. The number of anilines is 1. The topological polar surface area (TPSA) is 64.4 Å². The van der Waals surface area contributed by atoms with Crippen LogP contribution in [0.5, 0.6) is 0 Å². The zero-order valence-electron chi connectivity index (χ0n) is 10.7. The number of nitrogens with two attached hydrogens (primary N) is 1. The average Bonchev–Trinajstić information content (AvgIpc) is 2.82. The maximum absolute atomic E-state index is 13.5. The number of benzene rings is 1. The van der Waals surface area contributed by atoms with E-state index in [0.29, 0.717) is 13.0 Å². The second-order valence-corrected chi connectivity index (χ2v) is 4.53. The minimum atomic E-state index is -0.529. The van der Waals surface area contributed by atoms with Crippen molar-refractivity contribution in [1.82, 2.24) is 0 Å². The van der Waals surface area contributed by atoms with Crippen molar-refractivity contribution in [1.29, 1.82) is 0 Å². The Morgan fingerprint density at radius 1 is 1.53 bits per heavy atom. The van der Waals surface area contributed by atoms with E-state index < -0.39 is 11.9 Å². The van der Waals surface area contributed by atoms with E-state index in [0.717, 1.165) is 12.0 Å². The van der Waals surface area contributed by atoms with Gasteiger partial charge in [-0.25, -0.2) is 4.39 Å². The van der Waals surface area contributed by atoms with Gasteiger partial charge in [0.05, 0.1) is 11.8 Å². The van der Waals surface area contributed by atoms with Gasteiger partial charge in [0.1, 0.15) is 11.9 Å². The summed E-state index contributed by atoms with van der Waals surface area (Å²) in [5.74, 6) is -0.752. The van der Waals surface area contributed by atoms with Gasteiger partial charge in [0.2, 0.25) is 0 Å². The van der Waals surface area contributed by atoms with Crippen molar-refractivity contribution in [3.8, 4) is 0 Å². The molecule has 1 aromatic carbocycles. The van der Waals surface area contributed by atoms with Crippen molar-refractivity contribution in [2.75, 3.05) is 11.9 Å². The number of hydrogen-bond acceptors (Lipinski definition) is 3. The molecule has 1 heterocycles. The maximum atomic E-state index is 13.5. The van der Waals surface area contributed by atoms with E-state index in [1.54, 1.807) is 12.1 Å². The molecule has 0 aromatic heterocycles. The lowest BCUT2D eigenvalue weighted by Gasteiger charge is -2.13. The number of carbonyl (C=O) groups is 1. The SMILES string of the molecule is Cc1ccc(F)c(NC(=O)[C@@H]2CC[C@H](CN)O2)c1.Cl. The van der Waals surface area contributed by atoms with Gasteiger partial charge >= 0.3 is 0 Å². The Hall–Kier alpha value is -1.17. The molecule has 19 heavy (non-hydrogen) atoms. The van der Waals surface area contributed by atoms with E-state index in [9.17, 15) is 9.18 Å². The molecule has 1 aromatic rings. The molecule has 4 nitrogen and oxygen atoms in total. The first-order chi connectivity index (χ1) is 8.60. The van der Waals surface area contributed by atoms with Crippen molar-refractivity contribution < 1.29 is 13.9 Å². The zero-order valence-corrected chi connectivity index (χ0v) is 11.5. The number of amides is 1. The van der Waals surface area contributed by atoms with Crippen LogP contribution in [-0.2, 0) is 9.53 Å². The third-order valence-corrected chi connectivity index (χ3v) is 3.04. The third kappa shape index (κ3) is 3.89. The van der Waals surface area contributed by atoms with Crippen molar-refractivity contribution in [3.05, 3.63) is 29.6 Å². The molecule has 0 saturated carbocycles. The lowest BCUT2D eigenvalue weighted by Crippen LogP contribution is -2.30. The number of aryl methyl sites for hydroxylation is 1. The Kier molecular flexibility index (Phi) is 5.72. The van der Waals surface area contributed by atoms with Crippen LogP contribution in [0, 0.1) is 12.7 Å². The van der Waals surface area contributed by atoms with Crippen LogP contribution in [-0.4, -0.2) is 24.7 Å². The molecule has 0 bridgehead atoms. The zero-order chi connectivity index (χ0) is 13.1. The molecule has 6 heteroatoms. The van der Waals surface area contributed by atoms with E-state index >= 15 is 0 Å². The van der Waals surface area contributed by atoms with Crippen LogP contribution in [0.3, 0.4) is 0 Å². The lowest BCUT2D eigenvalue weighted by atomic mass is 10.1. The molecule has 1 saturated heterocycles. The highest BCUT2D eigenvalue weighted by Crippen LogP contribution is 2.22. The van der Waals surface area contributed by atoms with Gasteiger partial charge < -0.3 is 15.8 Å². The summed E-state index contributed by atoms with van der Waals surface area (Å²) in [5, 5.41) is 2.56. The quantitative estimate of drug-likeness (QED) is 0.894. The second-order valence-electron chi connectivity index (χ2n) is 4.53. The Morgan fingerprint density at radius 2 is 2.26 bits per heavy atom. The van der Waals surface area contributed by atoms with E-state index in [4.69, 9.17) is 10.5 Å². The molecule has 1 aliphatic heterocycles. The van der Waals surface area contributed by atoms with Crippen LogP contribution < -0.4 is 11.1 Å². The summed E-state index contributed by atoms with van der Waals surface area (Å²) in [6.07, 6.45) is 0.799. The molecule has 0 spiro atoms. The van der Waals surface area contributed by atoms with Crippen LogP contribution in [0.1, 0.15) is 18.4 Å². The van der Waals surface area contributed by atoms with Crippen molar-refractivity contribution in [3.63, 3.8) is 0 Å². The first-order valence-electron chi connectivity index (χ1n) is 6.02. The number of rotatable bonds is 3. The molecule has 106 valence electrons. The molecule has 1 amide bonds. The predicted octanol–water partition coefficient (Wildman–Crippen LogP) is 2.00. The van der Waals surface area contributed by atoms with Gasteiger partial charge in [0.25, 0.3) is 5.91 Å². The summed E-state index contributed by atoms with van der Waals surface area (Å²) in [5.41, 5.74) is 6.56. The maximum Gasteiger partial charge on any atom is 0.253 e. The smallest absolute Gasteiger partial charge is 0.253 e. The fraction of sp³-hybridized carbons (Fsp3) is 0.462. The number of hydrogen-bond donors (Lipinski definition) is 2. The number of ether oxygens (including phenoxy) is 1. The molecule has 0 aliphatic carbocycles. The summed E-state index contributed by atoms with van der Waals surface area (Å²) in [7, 11) is 0. The van der Waals surface area contributed by atoms with Gasteiger partial charge in [-0.1, -0.05) is 6.07 Å². The Bertz CT molecular complexity index is 456. The molecule has 1 fully saturated rings. The van der Waals surface area contributed by atoms with Gasteiger partial charge in [-0.2, -0.15) is 0 Å². The molecule has 2 atom stereocenters. The molecule has 3 N–H and O–H groups in total. The molecule has 0 unspecified atom stereocenters. The van der Waals surface area contributed by atoms with Crippen molar-refractivity contribution in [2.24, 2.45) is 5.73 Å². The van der Waals surface area contributed by atoms with Crippen LogP contribution in [0.25, 0.3) is 0 Å². The van der Waals surface area contributed by atoms with Crippen LogP contribution >= 0.6 is 12.4 Å². The molecule has 2 rings (SSSR count). The minimum Gasteiger partial charge on any atom is -0.364 e. The van der Waals surface area contributed by atoms with Gasteiger partial charge in [-0.3, -0.25) is 4.79 Å². The fourth-order valence-corrected chi connectivity index (χ4v) is 2.02. The Morgan fingerprint density at radius 3 is 2.89 bits per heavy atom. The minimum absolute atomic E-state index is 0. The highest BCUT2D eigenvalue weighted by molar-refractivity contribution is 5.94. The van der Waals surface area contributed by atoms with Crippen LogP contribution in [0.15, 0.2) is 18.2 Å². The van der Waals surface area contributed by atoms with Gasteiger partial charge in [-0.05, 0) is 37.5 Å². The predicted molar refractivity (Wildman–Crippen MR) is 74.0 cm³/mol. The van der Waals surface area contributed by atoms with Crippen LogP contribution in [0.4, 0.5) is 10.1 Å². The average molecular weight is 289 g/mol. The van der Waals surface area contributed by atoms with E-state index in [1.165, 1.54) is 6.07 Å². The summed E-state index contributed by atoms with van der Waals surface area (Å²) in [6.45, 7) is 2.24. The molecule has 1 aliphatic rings. The summed E-state index contributed by atoms with van der Waals surface area (Å²) in [6, 6.07) is 4.59. The van der Waals surface area contributed by atoms with Gasteiger partial charge in [0.15, 0.2) is 0 Å². The van der Waals surface area contributed by atoms with Crippen molar-refractivity contribution >= 4 is 24.0 Å². The van der Waals surface area contributed by atoms with Crippen molar-refractivity contribution in [2.45, 2.75) is 32.0 Å². The Balaban J connectivity index is 0.00000180. The second kappa shape index (κ2) is 6.84. The molecular formula is C13H18ClFN2O2. The largest absolute Gasteiger partial charge is 0.364 e. The normalized spacial score (nSPS) is 21.8. The third-order valence-electron chi connectivity index (χ3n) is 3.04. The first kappa shape index (κ1) is 15.9.